The molecule has 0 aromatic heterocycles. The summed E-state index contributed by atoms with van der Waals surface area (Å²) in [7, 11) is 3.15. The Bertz CT molecular complexity index is 543. The third kappa shape index (κ3) is 3.90. The van der Waals surface area contributed by atoms with E-state index in [1.807, 2.05) is 12.1 Å². The Hall–Kier alpha value is -2.24. The van der Waals surface area contributed by atoms with Crippen LogP contribution in [0.2, 0.25) is 0 Å². The van der Waals surface area contributed by atoms with Gasteiger partial charge in [0.15, 0.2) is 0 Å². The summed E-state index contributed by atoms with van der Waals surface area (Å²) in [5, 5.41) is 11.8. The van der Waals surface area contributed by atoms with Crippen molar-refractivity contribution in [1.82, 2.24) is 5.32 Å². The Balaban J connectivity index is 1.84. The Labute approximate surface area is 129 Å². The molecule has 2 N–H and O–H groups in total. The fourth-order valence-corrected chi connectivity index (χ4v) is 2.24. The first kappa shape index (κ1) is 16.1. The second-order valence-corrected chi connectivity index (χ2v) is 5.58. The lowest BCUT2D eigenvalue weighted by molar-refractivity contribution is -0.143. The number of benzene rings is 1. The monoisotopic (exact) mass is 307 g/mol. The number of nitrogens with one attached hydrogen (secondary N) is 1. The van der Waals surface area contributed by atoms with Gasteiger partial charge >= 0.3 is 5.97 Å². The van der Waals surface area contributed by atoms with E-state index in [9.17, 15) is 9.59 Å². The molecule has 1 saturated carbocycles. The van der Waals surface area contributed by atoms with Crippen molar-refractivity contribution in [1.29, 1.82) is 0 Å². The summed E-state index contributed by atoms with van der Waals surface area (Å²) >= 11 is 0. The smallest absolute Gasteiger partial charge is 0.311 e. The highest BCUT2D eigenvalue weighted by Crippen LogP contribution is 2.45. The lowest BCUT2D eigenvalue weighted by Gasteiger charge is -2.11. The summed E-state index contributed by atoms with van der Waals surface area (Å²) in [5.74, 6) is 0.384. The van der Waals surface area contributed by atoms with E-state index in [-0.39, 0.29) is 12.5 Å². The second kappa shape index (κ2) is 6.68. The zero-order valence-corrected chi connectivity index (χ0v) is 12.8. The topological polar surface area (TPSA) is 84.9 Å². The van der Waals surface area contributed by atoms with Crippen LogP contribution in [0, 0.1) is 5.41 Å². The van der Waals surface area contributed by atoms with E-state index in [0.29, 0.717) is 37.2 Å². The summed E-state index contributed by atoms with van der Waals surface area (Å²) in [5.41, 5.74) is 0.209. The molecule has 22 heavy (non-hydrogen) atoms. The number of aliphatic carboxylic acids is 1. The molecule has 0 atom stereocenters. The highest BCUT2D eigenvalue weighted by Gasteiger charge is 2.50. The molecule has 1 amide bonds. The Kier molecular flexibility index (Phi) is 4.90. The molecule has 1 aromatic rings. The molecule has 0 saturated heterocycles. The van der Waals surface area contributed by atoms with Crippen LogP contribution < -0.4 is 14.8 Å². The average Bonchev–Trinajstić information content (AvgIpc) is 3.31. The average molecular weight is 307 g/mol. The van der Waals surface area contributed by atoms with Crippen LogP contribution in [0.25, 0.3) is 0 Å². The highest BCUT2D eigenvalue weighted by molar-refractivity contribution is 5.81. The molecule has 1 aliphatic carbocycles. The van der Waals surface area contributed by atoms with Crippen molar-refractivity contribution in [3.05, 3.63) is 23.8 Å². The molecular weight excluding hydrogens is 286 g/mol. The molecule has 0 aliphatic heterocycles. The first-order chi connectivity index (χ1) is 10.5. The Morgan fingerprint density at radius 1 is 1.18 bits per heavy atom. The van der Waals surface area contributed by atoms with Crippen LogP contribution in [-0.2, 0) is 16.0 Å². The van der Waals surface area contributed by atoms with Crippen LogP contribution in [0.4, 0.5) is 0 Å². The number of carbonyl (C=O) groups excluding carboxylic acids is 1. The van der Waals surface area contributed by atoms with Gasteiger partial charge in [0.1, 0.15) is 11.5 Å². The van der Waals surface area contributed by atoms with E-state index in [1.54, 1.807) is 20.3 Å². The predicted molar refractivity (Wildman–Crippen MR) is 80.2 cm³/mol. The van der Waals surface area contributed by atoms with Crippen LogP contribution in [0.5, 0.6) is 11.5 Å². The van der Waals surface area contributed by atoms with E-state index in [0.717, 1.165) is 5.56 Å². The summed E-state index contributed by atoms with van der Waals surface area (Å²) in [6, 6.07) is 5.48. The number of carboxylic acid groups (broad SMARTS) is 1. The summed E-state index contributed by atoms with van der Waals surface area (Å²) in [6.45, 7) is 0.211. The summed E-state index contributed by atoms with van der Waals surface area (Å²) < 4.78 is 10.4. The van der Waals surface area contributed by atoms with Crippen LogP contribution in [-0.4, -0.2) is 37.7 Å². The number of hydrogen-bond donors (Lipinski definition) is 2. The molecule has 0 heterocycles. The standard InChI is InChI=1S/C16H21NO5/c1-21-12-7-11(8-13(9-12)22-2)3-4-14(18)17-10-16(5-6-16)15(19)20/h7-9H,3-6,10H2,1-2H3,(H,17,18)(H,19,20). The van der Waals surface area contributed by atoms with Gasteiger partial charge in [-0.2, -0.15) is 0 Å². The van der Waals surface area contributed by atoms with E-state index in [1.165, 1.54) is 0 Å². The van der Waals surface area contributed by atoms with Crippen LogP contribution in [0.1, 0.15) is 24.8 Å². The number of carboxylic acids is 1. The molecule has 2 rings (SSSR count). The van der Waals surface area contributed by atoms with Crippen molar-refractivity contribution in [2.75, 3.05) is 20.8 Å². The second-order valence-electron chi connectivity index (χ2n) is 5.58. The van der Waals surface area contributed by atoms with Gasteiger partial charge < -0.3 is 19.9 Å². The van der Waals surface area contributed by atoms with Crippen LogP contribution >= 0.6 is 0 Å². The normalized spacial score (nSPS) is 15.0. The number of methoxy groups -OCH3 is 2. The summed E-state index contributed by atoms with van der Waals surface area (Å²) in [6.07, 6.45) is 2.11. The van der Waals surface area contributed by atoms with Crippen molar-refractivity contribution in [3.8, 4) is 11.5 Å². The maximum Gasteiger partial charge on any atom is 0.311 e. The van der Waals surface area contributed by atoms with Gasteiger partial charge in [-0.1, -0.05) is 0 Å². The molecule has 0 spiro atoms. The minimum Gasteiger partial charge on any atom is -0.497 e. The molecule has 1 aromatic carbocycles. The SMILES string of the molecule is COc1cc(CCC(=O)NCC2(C(=O)O)CC2)cc(OC)c1. The maximum atomic E-state index is 11.9. The quantitative estimate of drug-likeness (QED) is 0.762. The van der Waals surface area contributed by atoms with Gasteiger partial charge in [0.05, 0.1) is 19.6 Å². The predicted octanol–water partition coefficient (Wildman–Crippen LogP) is 1.62. The molecule has 6 nitrogen and oxygen atoms in total. The zero-order valence-electron chi connectivity index (χ0n) is 12.8. The van der Waals surface area contributed by atoms with E-state index >= 15 is 0 Å². The maximum absolute atomic E-state index is 11.9. The van der Waals surface area contributed by atoms with Crippen molar-refractivity contribution >= 4 is 11.9 Å². The van der Waals surface area contributed by atoms with E-state index in [4.69, 9.17) is 14.6 Å². The molecule has 0 unspecified atom stereocenters. The van der Waals surface area contributed by atoms with Gasteiger partial charge in [-0.25, -0.2) is 0 Å². The molecule has 0 radical (unpaired) electrons. The lowest BCUT2D eigenvalue weighted by Crippen LogP contribution is -2.34. The van der Waals surface area contributed by atoms with Gasteiger partial charge in [0.25, 0.3) is 0 Å². The van der Waals surface area contributed by atoms with Gasteiger partial charge in [0, 0.05) is 19.0 Å². The first-order valence-corrected chi connectivity index (χ1v) is 7.21. The van der Waals surface area contributed by atoms with Gasteiger partial charge in [0.2, 0.25) is 5.91 Å². The molecule has 0 bridgehead atoms. The molecule has 6 heteroatoms. The third-order valence-electron chi connectivity index (χ3n) is 3.98. The minimum absolute atomic E-state index is 0.144. The zero-order chi connectivity index (χ0) is 16.2. The van der Waals surface area contributed by atoms with Crippen LogP contribution in [0.15, 0.2) is 18.2 Å². The molecular formula is C16H21NO5. The third-order valence-corrected chi connectivity index (χ3v) is 3.98. The van der Waals surface area contributed by atoms with Gasteiger partial charge in [-0.05, 0) is 37.0 Å². The van der Waals surface area contributed by atoms with Crippen molar-refractivity contribution < 1.29 is 24.2 Å². The number of aryl methyl sites for hydroxylation is 1. The Morgan fingerprint density at radius 3 is 2.23 bits per heavy atom. The number of rotatable bonds is 8. The largest absolute Gasteiger partial charge is 0.497 e. The highest BCUT2D eigenvalue weighted by atomic mass is 16.5. The number of amides is 1. The molecule has 1 fully saturated rings. The first-order valence-electron chi connectivity index (χ1n) is 7.21. The van der Waals surface area contributed by atoms with E-state index in [2.05, 4.69) is 5.32 Å². The number of ether oxygens (including phenoxy) is 2. The minimum atomic E-state index is -0.828. The fourth-order valence-electron chi connectivity index (χ4n) is 2.24. The lowest BCUT2D eigenvalue weighted by atomic mass is 10.1. The van der Waals surface area contributed by atoms with E-state index < -0.39 is 11.4 Å². The number of carbonyl (C=O) groups is 2. The fraction of sp³-hybridized carbons (Fsp3) is 0.500. The number of hydrogen-bond acceptors (Lipinski definition) is 4. The van der Waals surface area contributed by atoms with Crippen molar-refractivity contribution in [2.45, 2.75) is 25.7 Å². The molecule has 120 valence electrons. The molecule has 1 aliphatic rings. The van der Waals surface area contributed by atoms with Gasteiger partial charge in [-0.15, -0.1) is 0 Å². The van der Waals surface area contributed by atoms with Crippen molar-refractivity contribution in [3.63, 3.8) is 0 Å². The van der Waals surface area contributed by atoms with Crippen molar-refractivity contribution in [2.24, 2.45) is 5.41 Å². The van der Waals surface area contributed by atoms with Crippen LogP contribution in [0.3, 0.4) is 0 Å². The Morgan fingerprint density at radius 2 is 1.77 bits per heavy atom. The summed E-state index contributed by atoms with van der Waals surface area (Å²) in [4.78, 5) is 22.9. The van der Waals surface area contributed by atoms with Gasteiger partial charge in [-0.3, -0.25) is 9.59 Å².